The van der Waals surface area contributed by atoms with Gasteiger partial charge in [-0.05, 0) is 12.1 Å². The number of halogens is 1. The molecule has 0 saturated heterocycles. The molecule has 0 aliphatic rings. The Kier molecular flexibility index (Phi) is 6.80. The molecule has 0 aliphatic heterocycles. The SMILES string of the molecule is C#CCSCCNCc1cc(Br)ccc1[N+](=O)[O-]. The fraction of sp³-hybridized carbons (Fsp3) is 0.333. The van der Waals surface area contributed by atoms with Crippen LogP contribution in [0.3, 0.4) is 0 Å². The number of hydrogen-bond acceptors (Lipinski definition) is 4. The van der Waals surface area contributed by atoms with Crippen LogP contribution in [0, 0.1) is 22.5 Å². The topological polar surface area (TPSA) is 55.2 Å². The zero-order chi connectivity index (χ0) is 13.4. The highest BCUT2D eigenvalue weighted by Gasteiger charge is 2.12. The normalized spacial score (nSPS) is 10.0. The highest BCUT2D eigenvalue weighted by Crippen LogP contribution is 2.22. The number of thioether (sulfide) groups is 1. The van der Waals surface area contributed by atoms with Crippen LogP contribution in [0.2, 0.25) is 0 Å². The average molecular weight is 329 g/mol. The Balaban J connectivity index is 2.48. The van der Waals surface area contributed by atoms with E-state index in [1.165, 1.54) is 6.07 Å². The van der Waals surface area contributed by atoms with Crippen LogP contribution < -0.4 is 5.32 Å². The molecule has 0 aliphatic carbocycles. The van der Waals surface area contributed by atoms with Gasteiger partial charge in [0, 0.05) is 34.9 Å². The summed E-state index contributed by atoms with van der Waals surface area (Å²) in [7, 11) is 0. The lowest BCUT2D eigenvalue weighted by atomic mass is 10.2. The van der Waals surface area contributed by atoms with E-state index in [1.807, 2.05) is 0 Å². The van der Waals surface area contributed by atoms with Crippen LogP contribution in [0.5, 0.6) is 0 Å². The molecule has 1 aromatic carbocycles. The summed E-state index contributed by atoms with van der Waals surface area (Å²) in [4.78, 5) is 10.5. The monoisotopic (exact) mass is 328 g/mol. The van der Waals surface area contributed by atoms with Crippen molar-refractivity contribution in [1.29, 1.82) is 0 Å². The van der Waals surface area contributed by atoms with Gasteiger partial charge in [0.1, 0.15) is 0 Å². The number of nitrogens with one attached hydrogen (secondary N) is 1. The van der Waals surface area contributed by atoms with Gasteiger partial charge in [0.15, 0.2) is 0 Å². The van der Waals surface area contributed by atoms with E-state index in [2.05, 4.69) is 27.2 Å². The van der Waals surface area contributed by atoms with Crippen molar-refractivity contribution in [3.63, 3.8) is 0 Å². The predicted molar refractivity (Wildman–Crippen MR) is 78.7 cm³/mol. The minimum atomic E-state index is -0.365. The maximum Gasteiger partial charge on any atom is 0.273 e. The minimum Gasteiger partial charge on any atom is -0.312 e. The van der Waals surface area contributed by atoms with Crippen molar-refractivity contribution in [1.82, 2.24) is 5.32 Å². The van der Waals surface area contributed by atoms with Gasteiger partial charge >= 0.3 is 0 Å². The van der Waals surface area contributed by atoms with Crippen LogP contribution in [0.4, 0.5) is 5.69 Å². The van der Waals surface area contributed by atoms with Gasteiger partial charge in [0.05, 0.1) is 10.7 Å². The average Bonchev–Trinajstić information content (AvgIpc) is 2.33. The van der Waals surface area contributed by atoms with Crippen molar-refractivity contribution < 1.29 is 4.92 Å². The maximum atomic E-state index is 10.8. The van der Waals surface area contributed by atoms with Crippen molar-refractivity contribution in [3.8, 4) is 12.3 Å². The molecule has 0 saturated carbocycles. The molecule has 0 bridgehead atoms. The predicted octanol–water partition coefficient (Wildman–Crippen LogP) is 2.81. The molecule has 1 N–H and O–H groups in total. The van der Waals surface area contributed by atoms with Gasteiger partial charge in [0.2, 0.25) is 0 Å². The van der Waals surface area contributed by atoms with Crippen molar-refractivity contribution in [3.05, 3.63) is 38.3 Å². The lowest BCUT2D eigenvalue weighted by molar-refractivity contribution is -0.385. The molecule has 0 amide bonds. The van der Waals surface area contributed by atoms with E-state index < -0.39 is 0 Å². The Bertz CT molecular complexity index is 460. The lowest BCUT2D eigenvalue weighted by Gasteiger charge is -2.05. The zero-order valence-electron chi connectivity index (χ0n) is 9.69. The molecule has 0 spiro atoms. The minimum absolute atomic E-state index is 0.141. The molecule has 0 radical (unpaired) electrons. The van der Waals surface area contributed by atoms with E-state index in [9.17, 15) is 10.1 Å². The molecule has 96 valence electrons. The van der Waals surface area contributed by atoms with Crippen LogP contribution in [0.25, 0.3) is 0 Å². The van der Waals surface area contributed by atoms with Crippen molar-refractivity contribution in [2.24, 2.45) is 0 Å². The Morgan fingerprint density at radius 1 is 1.56 bits per heavy atom. The smallest absolute Gasteiger partial charge is 0.273 e. The Hall–Kier alpha value is -1.03. The molecule has 0 heterocycles. The summed E-state index contributed by atoms with van der Waals surface area (Å²) >= 11 is 4.97. The summed E-state index contributed by atoms with van der Waals surface area (Å²) in [5, 5.41) is 14.0. The van der Waals surface area contributed by atoms with Crippen molar-refractivity contribution in [2.75, 3.05) is 18.1 Å². The second-order valence-electron chi connectivity index (χ2n) is 3.46. The Labute approximate surface area is 119 Å². The van der Waals surface area contributed by atoms with Crippen molar-refractivity contribution in [2.45, 2.75) is 6.54 Å². The number of hydrogen-bond donors (Lipinski definition) is 1. The molecule has 0 atom stereocenters. The van der Waals surface area contributed by atoms with Crippen LogP contribution >= 0.6 is 27.7 Å². The molecule has 0 fully saturated rings. The van der Waals surface area contributed by atoms with E-state index in [-0.39, 0.29) is 10.6 Å². The summed E-state index contributed by atoms with van der Waals surface area (Å²) in [6, 6.07) is 4.94. The number of terminal acetylenes is 1. The largest absolute Gasteiger partial charge is 0.312 e. The van der Waals surface area contributed by atoms with E-state index in [4.69, 9.17) is 6.42 Å². The van der Waals surface area contributed by atoms with Gasteiger partial charge < -0.3 is 5.32 Å². The number of nitrogens with zero attached hydrogens (tertiary/aromatic N) is 1. The van der Waals surface area contributed by atoms with Crippen LogP contribution in [0.15, 0.2) is 22.7 Å². The van der Waals surface area contributed by atoms with Gasteiger partial charge in [0.25, 0.3) is 5.69 Å². The summed E-state index contributed by atoms with van der Waals surface area (Å²) < 4.78 is 0.839. The first-order valence-corrected chi connectivity index (χ1v) is 7.24. The zero-order valence-corrected chi connectivity index (χ0v) is 12.1. The number of benzene rings is 1. The molecule has 4 nitrogen and oxygen atoms in total. The quantitative estimate of drug-likeness (QED) is 0.362. The van der Waals surface area contributed by atoms with E-state index >= 15 is 0 Å². The van der Waals surface area contributed by atoms with Gasteiger partial charge in [-0.2, -0.15) is 0 Å². The molecular weight excluding hydrogens is 316 g/mol. The standard InChI is InChI=1S/C12H13BrN2O2S/c1-2-6-18-7-5-14-9-10-8-11(13)3-4-12(10)15(16)17/h1,3-4,8,14H,5-7,9H2. The summed E-state index contributed by atoms with van der Waals surface area (Å²) in [6.07, 6.45) is 5.13. The highest BCUT2D eigenvalue weighted by molar-refractivity contribution is 9.10. The molecule has 0 aromatic heterocycles. The van der Waals surface area contributed by atoms with E-state index in [1.54, 1.807) is 23.9 Å². The molecular formula is C12H13BrN2O2S. The third-order valence-corrected chi connectivity index (χ3v) is 3.52. The van der Waals surface area contributed by atoms with Crippen LogP contribution in [0.1, 0.15) is 5.56 Å². The van der Waals surface area contributed by atoms with Crippen LogP contribution in [-0.4, -0.2) is 23.0 Å². The molecule has 18 heavy (non-hydrogen) atoms. The molecule has 0 unspecified atom stereocenters. The van der Waals surface area contributed by atoms with E-state index in [0.29, 0.717) is 17.9 Å². The Morgan fingerprint density at radius 2 is 2.33 bits per heavy atom. The maximum absolute atomic E-state index is 10.8. The lowest BCUT2D eigenvalue weighted by Crippen LogP contribution is -2.17. The first kappa shape index (κ1) is 15.0. The third kappa shape index (κ3) is 5.08. The van der Waals surface area contributed by atoms with Crippen molar-refractivity contribution >= 4 is 33.4 Å². The number of rotatable bonds is 7. The summed E-state index contributed by atoms with van der Waals surface area (Å²) in [5.74, 6) is 4.14. The Morgan fingerprint density at radius 3 is 3.00 bits per heavy atom. The second-order valence-corrected chi connectivity index (χ2v) is 5.48. The van der Waals surface area contributed by atoms with Gasteiger partial charge in [-0.15, -0.1) is 18.2 Å². The first-order chi connectivity index (χ1) is 8.65. The molecule has 1 aromatic rings. The summed E-state index contributed by atoms with van der Waals surface area (Å²) in [6.45, 7) is 1.25. The molecule has 6 heteroatoms. The summed E-state index contributed by atoms with van der Waals surface area (Å²) in [5.41, 5.74) is 0.818. The van der Waals surface area contributed by atoms with Crippen LogP contribution in [-0.2, 0) is 6.54 Å². The molecule has 1 rings (SSSR count). The third-order valence-electron chi connectivity index (χ3n) is 2.16. The van der Waals surface area contributed by atoms with E-state index in [0.717, 1.165) is 16.8 Å². The van der Waals surface area contributed by atoms with Gasteiger partial charge in [-0.25, -0.2) is 0 Å². The fourth-order valence-electron chi connectivity index (χ4n) is 1.37. The van der Waals surface area contributed by atoms with Gasteiger partial charge in [-0.1, -0.05) is 21.9 Å². The fourth-order valence-corrected chi connectivity index (χ4v) is 2.33. The van der Waals surface area contributed by atoms with Gasteiger partial charge in [-0.3, -0.25) is 10.1 Å². The number of nitro groups is 1. The first-order valence-electron chi connectivity index (χ1n) is 5.30. The number of nitro benzene ring substituents is 1. The second kappa shape index (κ2) is 8.14. The highest BCUT2D eigenvalue weighted by atomic mass is 79.9.